The maximum atomic E-state index is 12.9. The number of morpholine rings is 1. The standard InChI is InChI=1S/C16H25FN2O/c1-12(2)19-8-9-20-16(11-19)10-18-13(3)14-4-6-15(17)7-5-14/h4-7,12-13,16,18H,8-11H2,1-3H3. The van der Waals surface area contributed by atoms with E-state index in [9.17, 15) is 4.39 Å². The molecule has 2 unspecified atom stereocenters. The minimum atomic E-state index is -0.191. The lowest BCUT2D eigenvalue weighted by molar-refractivity contribution is -0.0379. The van der Waals surface area contributed by atoms with Crippen molar-refractivity contribution in [2.24, 2.45) is 0 Å². The Morgan fingerprint density at radius 2 is 2.00 bits per heavy atom. The van der Waals surface area contributed by atoms with Crippen molar-refractivity contribution in [3.05, 3.63) is 35.6 Å². The van der Waals surface area contributed by atoms with E-state index >= 15 is 0 Å². The van der Waals surface area contributed by atoms with Gasteiger partial charge in [0.1, 0.15) is 5.82 Å². The Kier molecular flexibility index (Phi) is 5.52. The van der Waals surface area contributed by atoms with Gasteiger partial charge in [-0.15, -0.1) is 0 Å². The maximum absolute atomic E-state index is 12.9. The molecule has 4 heteroatoms. The number of benzene rings is 1. The molecule has 1 aliphatic rings. The minimum absolute atomic E-state index is 0.191. The van der Waals surface area contributed by atoms with Crippen molar-refractivity contribution < 1.29 is 9.13 Å². The van der Waals surface area contributed by atoms with Crippen LogP contribution in [-0.4, -0.2) is 43.3 Å². The summed E-state index contributed by atoms with van der Waals surface area (Å²) in [6, 6.07) is 7.44. The largest absolute Gasteiger partial charge is 0.374 e. The van der Waals surface area contributed by atoms with Gasteiger partial charge in [0.2, 0.25) is 0 Å². The summed E-state index contributed by atoms with van der Waals surface area (Å²) in [5.41, 5.74) is 1.10. The SMILES string of the molecule is CC(NCC1CN(C(C)C)CCO1)c1ccc(F)cc1. The van der Waals surface area contributed by atoms with E-state index < -0.39 is 0 Å². The lowest BCUT2D eigenvalue weighted by Gasteiger charge is -2.36. The summed E-state index contributed by atoms with van der Waals surface area (Å²) in [5.74, 6) is -0.191. The van der Waals surface area contributed by atoms with Gasteiger partial charge in [0, 0.05) is 31.7 Å². The molecule has 1 heterocycles. The highest BCUT2D eigenvalue weighted by molar-refractivity contribution is 5.19. The fraction of sp³-hybridized carbons (Fsp3) is 0.625. The quantitative estimate of drug-likeness (QED) is 0.897. The molecule has 1 aliphatic heterocycles. The molecule has 1 fully saturated rings. The van der Waals surface area contributed by atoms with Gasteiger partial charge in [-0.05, 0) is 38.5 Å². The van der Waals surface area contributed by atoms with E-state index in [1.165, 1.54) is 12.1 Å². The van der Waals surface area contributed by atoms with E-state index in [4.69, 9.17) is 4.74 Å². The zero-order valence-corrected chi connectivity index (χ0v) is 12.6. The molecule has 1 aromatic rings. The Bertz CT molecular complexity index is 407. The second kappa shape index (κ2) is 7.16. The van der Waals surface area contributed by atoms with Gasteiger partial charge in [-0.2, -0.15) is 0 Å². The normalized spacial score (nSPS) is 22.1. The smallest absolute Gasteiger partial charge is 0.123 e. The molecule has 20 heavy (non-hydrogen) atoms. The van der Waals surface area contributed by atoms with Gasteiger partial charge in [0.05, 0.1) is 12.7 Å². The highest BCUT2D eigenvalue weighted by atomic mass is 19.1. The monoisotopic (exact) mass is 280 g/mol. The highest BCUT2D eigenvalue weighted by Crippen LogP contribution is 2.14. The van der Waals surface area contributed by atoms with Crippen molar-refractivity contribution >= 4 is 0 Å². The van der Waals surface area contributed by atoms with Crippen LogP contribution in [0.3, 0.4) is 0 Å². The van der Waals surface area contributed by atoms with E-state index in [0.29, 0.717) is 6.04 Å². The van der Waals surface area contributed by atoms with Gasteiger partial charge < -0.3 is 10.1 Å². The van der Waals surface area contributed by atoms with Crippen molar-refractivity contribution in [3.8, 4) is 0 Å². The molecule has 2 atom stereocenters. The van der Waals surface area contributed by atoms with Gasteiger partial charge in [-0.3, -0.25) is 4.90 Å². The molecular weight excluding hydrogens is 255 g/mol. The number of nitrogens with one attached hydrogen (secondary N) is 1. The van der Waals surface area contributed by atoms with Crippen molar-refractivity contribution in [2.75, 3.05) is 26.2 Å². The number of nitrogens with zero attached hydrogens (tertiary/aromatic N) is 1. The summed E-state index contributed by atoms with van der Waals surface area (Å²) in [6.07, 6.45) is 0.231. The van der Waals surface area contributed by atoms with Crippen molar-refractivity contribution in [1.29, 1.82) is 0 Å². The van der Waals surface area contributed by atoms with Crippen LogP contribution in [0.25, 0.3) is 0 Å². The van der Waals surface area contributed by atoms with Crippen LogP contribution < -0.4 is 5.32 Å². The lowest BCUT2D eigenvalue weighted by Crippen LogP contribution is -2.49. The molecule has 0 amide bonds. The molecule has 0 saturated carbocycles. The van der Waals surface area contributed by atoms with Gasteiger partial charge in [-0.1, -0.05) is 12.1 Å². The highest BCUT2D eigenvalue weighted by Gasteiger charge is 2.22. The first-order valence-corrected chi connectivity index (χ1v) is 7.40. The number of halogens is 1. The Morgan fingerprint density at radius 1 is 1.30 bits per heavy atom. The molecule has 0 radical (unpaired) electrons. The van der Waals surface area contributed by atoms with Crippen molar-refractivity contribution in [2.45, 2.75) is 39.0 Å². The number of rotatable bonds is 5. The van der Waals surface area contributed by atoms with Crippen LogP contribution in [0.15, 0.2) is 24.3 Å². The molecule has 0 bridgehead atoms. The Labute approximate surface area is 121 Å². The molecular formula is C16H25FN2O. The van der Waals surface area contributed by atoms with Crippen LogP contribution in [0.5, 0.6) is 0 Å². The summed E-state index contributed by atoms with van der Waals surface area (Å²) in [6.45, 7) is 10.1. The van der Waals surface area contributed by atoms with E-state index in [1.54, 1.807) is 0 Å². The summed E-state index contributed by atoms with van der Waals surface area (Å²) in [7, 11) is 0. The van der Waals surface area contributed by atoms with Gasteiger partial charge in [-0.25, -0.2) is 4.39 Å². The van der Waals surface area contributed by atoms with Crippen molar-refractivity contribution in [3.63, 3.8) is 0 Å². The Hall–Kier alpha value is -0.970. The third kappa shape index (κ3) is 4.27. The third-order valence-electron chi connectivity index (χ3n) is 3.92. The fourth-order valence-electron chi connectivity index (χ4n) is 2.51. The second-order valence-electron chi connectivity index (χ2n) is 5.76. The zero-order chi connectivity index (χ0) is 14.5. The lowest BCUT2D eigenvalue weighted by atomic mass is 10.1. The molecule has 1 aromatic carbocycles. The zero-order valence-electron chi connectivity index (χ0n) is 12.6. The summed E-state index contributed by atoms with van der Waals surface area (Å²) in [4.78, 5) is 2.44. The first-order valence-electron chi connectivity index (χ1n) is 7.40. The number of ether oxygens (including phenoxy) is 1. The van der Waals surface area contributed by atoms with Crippen LogP contribution in [0.2, 0.25) is 0 Å². The molecule has 2 rings (SSSR count). The van der Waals surface area contributed by atoms with Gasteiger partial charge in [0.15, 0.2) is 0 Å². The summed E-state index contributed by atoms with van der Waals surface area (Å²) >= 11 is 0. The van der Waals surface area contributed by atoms with E-state index in [-0.39, 0.29) is 18.0 Å². The van der Waals surface area contributed by atoms with E-state index in [1.807, 2.05) is 12.1 Å². The van der Waals surface area contributed by atoms with Crippen LogP contribution in [0.1, 0.15) is 32.4 Å². The predicted octanol–water partition coefficient (Wildman–Crippen LogP) is 2.59. The third-order valence-corrected chi connectivity index (χ3v) is 3.92. The maximum Gasteiger partial charge on any atom is 0.123 e. The molecule has 1 N–H and O–H groups in total. The Balaban J connectivity index is 1.81. The molecule has 0 aromatic heterocycles. The van der Waals surface area contributed by atoms with Crippen molar-refractivity contribution in [1.82, 2.24) is 10.2 Å². The van der Waals surface area contributed by atoms with Crippen LogP contribution in [-0.2, 0) is 4.74 Å². The van der Waals surface area contributed by atoms with Crippen LogP contribution in [0, 0.1) is 5.82 Å². The average molecular weight is 280 g/mol. The van der Waals surface area contributed by atoms with Gasteiger partial charge >= 0.3 is 0 Å². The number of hydrogen-bond acceptors (Lipinski definition) is 3. The molecule has 0 aliphatic carbocycles. The summed E-state index contributed by atoms with van der Waals surface area (Å²) in [5, 5.41) is 3.47. The summed E-state index contributed by atoms with van der Waals surface area (Å²) < 4.78 is 18.7. The average Bonchev–Trinajstić information content (AvgIpc) is 2.46. The number of hydrogen-bond donors (Lipinski definition) is 1. The molecule has 1 saturated heterocycles. The second-order valence-corrected chi connectivity index (χ2v) is 5.76. The Morgan fingerprint density at radius 3 is 2.65 bits per heavy atom. The topological polar surface area (TPSA) is 24.5 Å². The molecule has 0 spiro atoms. The van der Waals surface area contributed by atoms with E-state index in [2.05, 4.69) is 31.0 Å². The first-order chi connectivity index (χ1) is 9.56. The predicted molar refractivity (Wildman–Crippen MR) is 79.3 cm³/mol. The van der Waals surface area contributed by atoms with Crippen LogP contribution in [0.4, 0.5) is 4.39 Å². The van der Waals surface area contributed by atoms with Crippen LogP contribution >= 0.6 is 0 Å². The molecule has 112 valence electrons. The molecule has 3 nitrogen and oxygen atoms in total. The first kappa shape index (κ1) is 15.4. The fourth-order valence-corrected chi connectivity index (χ4v) is 2.51. The minimum Gasteiger partial charge on any atom is -0.374 e. The van der Waals surface area contributed by atoms with E-state index in [0.717, 1.165) is 31.8 Å². The van der Waals surface area contributed by atoms with Gasteiger partial charge in [0.25, 0.3) is 0 Å².